The SMILES string of the molecule is CCNc1cc(NCCc2ccc(Cl)cc2Cl)nc(N)n1. The molecule has 0 aliphatic carbocycles. The van der Waals surface area contributed by atoms with E-state index in [-0.39, 0.29) is 5.95 Å². The number of nitrogens with zero attached hydrogens (tertiary/aromatic N) is 2. The minimum Gasteiger partial charge on any atom is -0.370 e. The molecule has 0 unspecified atom stereocenters. The average Bonchev–Trinajstić information content (AvgIpc) is 2.41. The van der Waals surface area contributed by atoms with Gasteiger partial charge in [0.25, 0.3) is 0 Å². The molecule has 112 valence electrons. The van der Waals surface area contributed by atoms with Gasteiger partial charge < -0.3 is 16.4 Å². The molecule has 1 aromatic heterocycles. The van der Waals surface area contributed by atoms with Crippen LogP contribution in [0.25, 0.3) is 0 Å². The second kappa shape index (κ2) is 7.33. The maximum Gasteiger partial charge on any atom is 0.223 e. The van der Waals surface area contributed by atoms with E-state index < -0.39 is 0 Å². The highest BCUT2D eigenvalue weighted by atomic mass is 35.5. The van der Waals surface area contributed by atoms with Crippen LogP contribution >= 0.6 is 23.2 Å². The molecule has 2 rings (SSSR count). The van der Waals surface area contributed by atoms with E-state index in [2.05, 4.69) is 20.6 Å². The van der Waals surface area contributed by atoms with Crippen LogP contribution in [-0.2, 0) is 6.42 Å². The summed E-state index contributed by atoms with van der Waals surface area (Å²) in [7, 11) is 0. The number of hydrogen-bond acceptors (Lipinski definition) is 5. The molecule has 0 aliphatic rings. The van der Waals surface area contributed by atoms with Gasteiger partial charge in [0, 0.05) is 29.2 Å². The van der Waals surface area contributed by atoms with Gasteiger partial charge in [0.2, 0.25) is 5.95 Å². The molecule has 0 spiro atoms. The van der Waals surface area contributed by atoms with E-state index in [1.54, 1.807) is 6.07 Å². The van der Waals surface area contributed by atoms with Gasteiger partial charge in [-0.3, -0.25) is 0 Å². The van der Waals surface area contributed by atoms with Gasteiger partial charge in [-0.2, -0.15) is 9.97 Å². The Hall–Kier alpha value is -1.72. The molecule has 7 heteroatoms. The Bertz CT molecular complexity index is 618. The summed E-state index contributed by atoms with van der Waals surface area (Å²) >= 11 is 12.0. The highest BCUT2D eigenvalue weighted by Gasteiger charge is 2.04. The van der Waals surface area contributed by atoms with Crippen molar-refractivity contribution in [2.75, 3.05) is 29.5 Å². The summed E-state index contributed by atoms with van der Waals surface area (Å²) in [5.41, 5.74) is 6.71. The van der Waals surface area contributed by atoms with Gasteiger partial charge in [0.15, 0.2) is 0 Å². The first kappa shape index (κ1) is 15.7. The quantitative estimate of drug-likeness (QED) is 0.758. The van der Waals surface area contributed by atoms with Crippen molar-refractivity contribution in [2.24, 2.45) is 0 Å². The Morgan fingerprint density at radius 1 is 1.10 bits per heavy atom. The zero-order chi connectivity index (χ0) is 15.2. The molecule has 4 N–H and O–H groups in total. The molecule has 0 atom stereocenters. The Morgan fingerprint density at radius 2 is 1.81 bits per heavy atom. The van der Waals surface area contributed by atoms with E-state index in [0.29, 0.717) is 28.2 Å². The summed E-state index contributed by atoms with van der Waals surface area (Å²) in [5.74, 6) is 1.63. The van der Waals surface area contributed by atoms with Crippen molar-refractivity contribution < 1.29 is 0 Å². The maximum atomic E-state index is 6.14. The number of benzene rings is 1. The third kappa shape index (κ3) is 4.65. The normalized spacial score (nSPS) is 10.4. The monoisotopic (exact) mass is 325 g/mol. The Balaban J connectivity index is 1.96. The van der Waals surface area contributed by atoms with Crippen LogP contribution in [0.3, 0.4) is 0 Å². The summed E-state index contributed by atoms with van der Waals surface area (Å²) in [6, 6.07) is 7.31. The lowest BCUT2D eigenvalue weighted by Crippen LogP contribution is -2.10. The van der Waals surface area contributed by atoms with Crippen molar-refractivity contribution in [3.63, 3.8) is 0 Å². The lowest BCUT2D eigenvalue weighted by Gasteiger charge is -2.09. The van der Waals surface area contributed by atoms with Gasteiger partial charge in [-0.05, 0) is 31.0 Å². The molecule has 0 saturated heterocycles. The van der Waals surface area contributed by atoms with E-state index in [1.165, 1.54) is 0 Å². The molecule has 0 fully saturated rings. The second-order valence-electron chi connectivity index (χ2n) is 4.44. The first-order valence-corrected chi connectivity index (χ1v) is 7.40. The van der Waals surface area contributed by atoms with Crippen molar-refractivity contribution in [2.45, 2.75) is 13.3 Å². The van der Waals surface area contributed by atoms with Crippen molar-refractivity contribution in [3.05, 3.63) is 39.9 Å². The first-order chi connectivity index (χ1) is 10.1. The Morgan fingerprint density at radius 3 is 2.48 bits per heavy atom. The predicted molar refractivity (Wildman–Crippen MR) is 89.3 cm³/mol. The molecule has 5 nitrogen and oxygen atoms in total. The fourth-order valence-electron chi connectivity index (χ4n) is 1.88. The molecular formula is C14H17Cl2N5. The van der Waals surface area contributed by atoms with E-state index in [0.717, 1.165) is 18.5 Å². The van der Waals surface area contributed by atoms with Crippen LogP contribution in [0.4, 0.5) is 17.6 Å². The van der Waals surface area contributed by atoms with Gasteiger partial charge in [0.05, 0.1) is 0 Å². The second-order valence-corrected chi connectivity index (χ2v) is 5.28. The highest BCUT2D eigenvalue weighted by Crippen LogP contribution is 2.21. The summed E-state index contributed by atoms with van der Waals surface area (Å²) in [6.45, 7) is 3.45. The van der Waals surface area contributed by atoms with Crippen LogP contribution in [0.2, 0.25) is 10.0 Å². The largest absolute Gasteiger partial charge is 0.370 e. The van der Waals surface area contributed by atoms with Crippen LogP contribution in [0.5, 0.6) is 0 Å². The molecule has 0 aliphatic heterocycles. The molecule has 0 amide bonds. The topological polar surface area (TPSA) is 75.9 Å². The van der Waals surface area contributed by atoms with Gasteiger partial charge in [-0.25, -0.2) is 0 Å². The van der Waals surface area contributed by atoms with E-state index >= 15 is 0 Å². The summed E-state index contributed by atoms with van der Waals surface area (Å²) < 4.78 is 0. The summed E-state index contributed by atoms with van der Waals surface area (Å²) in [6.07, 6.45) is 0.760. The number of nitrogen functional groups attached to an aromatic ring is 1. The number of aromatic nitrogens is 2. The lowest BCUT2D eigenvalue weighted by molar-refractivity contribution is 1.00. The van der Waals surface area contributed by atoms with Crippen molar-refractivity contribution in [3.8, 4) is 0 Å². The van der Waals surface area contributed by atoms with E-state index in [1.807, 2.05) is 25.1 Å². The fraction of sp³-hybridized carbons (Fsp3) is 0.286. The lowest BCUT2D eigenvalue weighted by atomic mass is 10.1. The van der Waals surface area contributed by atoms with Crippen LogP contribution in [-0.4, -0.2) is 23.1 Å². The van der Waals surface area contributed by atoms with Crippen molar-refractivity contribution >= 4 is 40.8 Å². The molecule has 0 bridgehead atoms. The average molecular weight is 326 g/mol. The summed E-state index contributed by atoms with van der Waals surface area (Å²) in [4.78, 5) is 8.24. The van der Waals surface area contributed by atoms with Gasteiger partial charge in [0.1, 0.15) is 11.6 Å². The number of nitrogens with one attached hydrogen (secondary N) is 2. The minimum atomic E-state index is 0.237. The van der Waals surface area contributed by atoms with Gasteiger partial charge in [-0.15, -0.1) is 0 Å². The van der Waals surface area contributed by atoms with Gasteiger partial charge >= 0.3 is 0 Å². The van der Waals surface area contributed by atoms with Crippen LogP contribution < -0.4 is 16.4 Å². The Kier molecular flexibility index (Phi) is 5.47. The number of halogens is 2. The molecule has 2 aromatic rings. The molecule has 0 radical (unpaired) electrons. The summed E-state index contributed by atoms with van der Waals surface area (Å²) in [5, 5.41) is 7.62. The molecule has 1 heterocycles. The smallest absolute Gasteiger partial charge is 0.223 e. The number of anilines is 3. The zero-order valence-corrected chi connectivity index (χ0v) is 13.2. The third-order valence-electron chi connectivity index (χ3n) is 2.82. The van der Waals surface area contributed by atoms with Crippen molar-refractivity contribution in [1.82, 2.24) is 9.97 Å². The first-order valence-electron chi connectivity index (χ1n) is 6.64. The molecule has 0 saturated carbocycles. The van der Waals surface area contributed by atoms with E-state index in [4.69, 9.17) is 28.9 Å². The fourth-order valence-corrected chi connectivity index (χ4v) is 2.38. The Labute approximate surface area is 133 Å². The van der Waals surface area contributed by atoms with Crippen LogP contribution in [0.1, 0.15) is 12.5 Å². The van der Waals surface area contributed by atoms with Crippen molar-refractivity contribution in [1.29, 1.82) is 0 Å². The van der Waals surface area contributed by atoms with E-state index in [9.17, 15) is 0 Å². The minimum absolute atomic E-state index is 0.237. The predicted octanol–water partition coefficient (Wildman–Crippen LogP) is 3.45. The zero-order valence-electron chi connectivity index (χ0n) is 11.7. The third-order valence-corrected chi connectivity index (χ3v) is 3.40. The van der Waals surface area contributed by atoms with Crippen LogP contribution in [0.15, 0.2) is 24.3 Å². The number of rotatable bonds is 6. The highest BCUT2D eigenvalue weighted by molar-refractivity contribution is 6.35. The van der Waals surface area contributed by atoms with Gasteiger partial charge in [-0.1, -0.05) is 29.3 Å². The number of nitrogens with two attached hydrogens (primary N) is 1. The molecule has 1 aromatic carbocycles. The molecule has 21 heavy (non-hydrogen) atoms. The standard InChI is InChI=1S/C14H17Cl2N5/c1-2-18-12-8-13(21-14(17)20-12)19-6-5-9-3-4-10(15)7-11(9)16/h3-4,7-8H,2,5-6H2,1H3,(H4,17,18,19,20,21). The van der Waals surface area contributed by atoms with Crippen LogP contribution in [0, 0.1) is 0 Å². The maximum absolute atomic E-state index is 6.14. The number of hydrogen-bond donors (Lipinski definition) is 3. The molecular weight excluding hydrogens is 309 g/mol.